The van der Waals surface area contributed by atoms with Gasteiger partial charge in [-0.3, -0.25) is 8.89 Å². The summed E-state index contributed by atoms with van der Waals surface area (Å²) in [7, 11) is -1.07. The van der Waals surface area contributed by atoms with Gasteiger partial charge in [-0.05, 0) is 44.2 Å². The SMILES string of the molecule is CC(C)n1ccc(CS(=O)c2ccc(N)cc2)n1. The summed E-state index contributed by atoms with van der Waals surface area (Å²) in [5.74, 6) is 0.434. The first-order chi connectivity index (χ1) is 8.56. The summed E-state index contributed by atoms with van der Waals surface area (Å²) in [6.07, 6.45) is 1.92. The lowest BCUT2D eigenvalue weighted by Crippen LogP contribution is -2.03. The van der Waals surface area contributed by atoms with E-state index in [1.807, 2.05) is 16.9 Å². The molecule has 0 saturated carbocycles. The van der Waals surface area contributed by atoms with Gasteiger partial charge in [0.1, 0.15) is 0 Å². The van der Waals surface area contributed by atoms with Crippen LogP contribution in [0.4, 0.5) is 5.69 Å². The molecule has 0 saturated heterocycles. The van der Waals surface area contributed by atoms with Crippen LogP contribution in [0.5, 0.6) is 0 Å². The summed E-state index contributed by atoms with van der Waals surface area (Å²) in [5, 5.41) is 4.39. The Morgan fingerprint density at radius 3 is 2.50 bits per heavy atom. The zero-order chi connectivity index (χ0) is 13.1. The van der Waals surface area contributed by atoms with Crippen LogP contribution in [0.1, 0.15) is 25.6 Å². The lowest BCUT2D eigenvalue weighted by molar-refractivity contribution is 0.528. The van der Waals surface area contributed by atoms with Crippen molar-refractivity contribution in [2.45, 2.75) is 30.5 Å². The maximum absolute atomic E-state index is 12.1. The molecule has 1 aromatic heterocycles. The smallest absolute Gasteiger partial charge is 0.0753 e. The van der Waals surface area contributed by atoms with E-state index in [0.29, 0.717) is 17.5 Å². The Bertz CT molecular complexity index is 546. The highest BCUT2D eigenvalue weighted by Gasteiger charge is 2.08. The molecule has 1 unspecified atom stereocenters. The van der Waals surface area contributed by atoms with E-state index in [2.05, 4.69) is 18.9 Å². The lowest BCUT2D eigenvalue weighted by Gasteiger charge is -2.04. The fourth-order valence-corrected chi connectivity index (χ4v) is 2.61. The van der Waals surface area contributed by atoms with E-state index < -0.39 is 10.8 Å². The van der Waals surface area contributed by atoms with Gasteiger partial charge >= 0.3 is 0 Å². The normalized spacial score (nSPS) is 12.8. The summed E-state index contributed by atoms with van der Waals surface area (Å²) in [4.78, 5) is 0.781. The maximum Gasteiger partial charge on any atom is 0.0753 e. The number of hydrogen-bond acceptors (Lipinski definition) is 3. The van der Waals surface area contributed by atoms with Crippen LogP contribution in [0.3, 0.4) is 0 Å². The molecule has 5 heteroatoms. The standard InChI is InChI=1S/C13H17N3OS/c1-10(2)16-8-7-12(15-16)9-18(17)13-5-3-11(14)4-6-13/h3-8,10H,9,14H2,1-2H3. The molecule has 1 atom stereocenters. The summed E-state index contributed by atoms with van der Waals surface area (Å²) >= 11 is 0. The van der Waals surface area contributed by atoms with E-state index in [-0.39, 0.29) is 0 Å². The van der Waals surface area contributed by atoms with Gasteiger partial charge in [-0.15, -0.1) is 0 Å². The molecular weight excluding hydrogens is 246 g/mol. The molecule has 1 aromatic carbocycles. The zero-order valence-corrected chi connectivity index (χ0v) is 11.4. The predicted molar refractivity (Wildman–Crippen MR) is 73.6 cm³/mol. The van der Waals surface area contributed by atoms with Crippen LogP contribution in [-0.4, -0.2) is 14.0 Å². The quantitative estimate of drug-likeness (QED) is 0.861. The monoisotopic (exact) mass is 263 g/mol. The van der Waals surface area contributed by atoms with E-state index in [1.54, 1.807) is 24.3 Å². The van der Waals surface area contributed by atoms with Crippen molar-refractivity contribution in [2.75, 3.05) is 5.73 Å². The predicted octanol–water partition coefficient (Wildman–Crippen LogP) is 2.35. The molecule has 0 aliphatic rings. The molecule has 0 fully saturated rings. The average molecular weight is 263 g/mol. The number of nitrogen functional groups attached to an aromatic ring is 1. The summed E-state index contributed by atoms with van der Waals surface area (Å²) < 4.78 is 14.0. The van der Waals surface area contributed by atoms with Gasteiger partial charge in [-0.2, -0.15) is 5.10 Å². The van der Waals surface area contributed by atoms with E-state index in [9.17, 15) is 4.21 Å². The second kappa shape index (κ2) is 5.35. The molecule has 0 aliphatic carbocycles. The Hall–Kier alpha value is -1.62. The summed E-state index contributed by atoms with van der Waals surface area (Å²) in [6, 6.07) is 9.36. The number of aromatic nitrogens is 2. The summed E-state index contributed by atoms with van der Waals surface area (Å²) in [6.45, 7) is 4.13. The fourth-order valence-electron chi connectivity index (χ4n) is 1.58. The third-order valence-corrected chi connectivity index (χ3v) is 3.97. The number of rotatable bonds is 4. The highest BCUT2D eigenvalue weighted by Crippen LogP contribution is 2.14. The van der Waals surface area contributed by atoms with Gasteiger partial charge in [0.15, 0.2) is 0 Å². The molecule has 0 spiro atoms. The Morgan fingerprint density at radius 2 is 1.94 bits per heavy atom. The molecule has 2 aromatic rings. The number of nitrogens with two attached hydrogens (primary N) is 1. The van der Waals surface area contributed by atoms with E-state index >= 15 is 0 Å². The van der Waals surface area contributed by atoms with Gasteiger partial charge in [0.2, 0.25) is 0 Å². The van der Waals surface area contributed by atoms with Crippen molar-refractivity contribution in [2.24, 2.45) is 0 Å². The van der Waals surface area contributed by atoms with Gasteiger partial charge in [0, 0.05) is 22.8 Å². The van der Waals surface area contributed by atoms with Crippen LogP contribution in [0.2, 0.25) is 0 Å². The second-order valence-electron chi connectivity index (χ2n) is 4.44. The minimum Gasteiger partial charge on any atom is -0.399 e. The van der Waals surface area contributed by atoms with Crippen LogP contribution in [0, 0.1) is 0 Å². The van der Waals surface area contributed by atoms with Gasteiger partial charge < -0.3 is 5.73 Å². The van der Waals surface area contributed by atoms with Gasteiger partial charge in [-0.1, -0.05) is 0 Å². The molecule has 18 heavy (non-hydrogen) atoms. The number of hydrogen-bond donors (Lipinski definition) is 1. The third kappa shape index (κ3) is 2.98. The Balaban J connectivity index is 2.08. The fraction of sp³-hybridized carbons (Fsp3) is 0.308. The van der Waals surface area contributed by atoms with E-state index in [1.165, 1.54) is 0 Å². The molecule has 0 aliphatic heterocycles. The van der Waals surface area contributed by atoms with Crippen LogP contribution in [0.25, 0.3) is 0 Å². The first kappa shape index (κ1) is 12.8. The lowest BCUT2D eigenvalue weighted by atomic mass is 10.3. The molecule has 0 amide bonds. The number of benzene rings is 1. The van der Waals surface area contributed by atoms with Crippen molar-refractivity contribution in [3.8, 4) is 0 Å². The molecule has 2 N–H and O–H groups in total. The van der Waals surface area contributed by atoms with Gasteiger partial charge in [0.25, 0.3) is 0 Å². The van der Waals surface area contributed by atoms with Crippen molar-refractivity contribution >= 4 is 16.5 Å². The minimum absolute atomic E-state index is 0.323. The van der Waals surface area contributed by atoms with Gasteiger partial charge in [0.05, 0.1) is 22.2 Å². The van der Waals surface area contributed by atoms with Crippen molar-refractivity contribution in [1.29, 1.82) is 0 Å². The van der Waals surface area contributed by atoms with Crippen LogP contribution in [0.15, 0.2) is 41.4 Å². The molecule has 0 radical (unpaired) electrons. The van der Waals surface area contributed by atoms with Crippen LogP contribution in [-0.2, 0) is 16.6 Å². The van der Waals surface area contributed by atoms with Crippen molar-refractivity contribution in [3.05, 3.63) is 42.2 Å². The highest BCUT2D eigenvalue weighted by molar-refractivity contribution is 7.84. The molecule has 96 valence electrons. The third-order valence-electron chi connectivity index (χ3n) is 2.61. The van der Waals surface area contributed by atoms with Crippen molar-refractivity contribution in [1.82, 2.24) is 9.78 Å². The van der Waals surface area contributed by atoms with Gasteiger partial charge in [-0.25, -0.2) is 0 Å². The first-order valence-electron chi connectivity index (χ1n) is 5.84. The summed E-state index contributed by atoms with van der Waals surface area (Å²) in [5.41, 5.74) is 7.13. The molecular formula is C13H17N3OS. The topological polar surface area (TPSA) is 60.9 Å². The Labute approximate surface area is 109 Å². The number of anilines is 1. The average Bonchev–Trinajstić information content (AvgIpc) is 2.78. The maximum atomic E-state index is 12.1. The van der Waals surface area contributed by atoms with E-state index in [0.717, 1.165) is 10.6 Å². The Morgan fingerprint density at radius 1 is 1.28 bits per heavy atom. The molecule has 4 nitrogen and oxygen atoms in total. The molecule has 2 rings (SSSR count). The molecule has 0 bridgehead atoms. The van der Waals surface area contributed by atoms with E-state index in [4.69, 9.17) is 5.73 Å². The highest BCUT2D eigenvalue weighted by atomic mass is 32.2. The van der Waals surface area contributed by atoms with Crippen molar-refractivity contribution in [3.63, 3.8) is 0 Å². The second-order valence-corrected chi connectivity index (χ2v) is 5.89. The Kier molecular flexibility index (Phi) is 3.81. The first-order valence-corrected chi connectivity index (χ1v) is 7.16. The molecule has 1 heterocycles. The zero-order valence-electron chi connectivity index (χ0n) is 10.5. The van der Waals surface area contributed by atoms with Crippen molar-refractivity contribution < 1.29 is 4.21 Å². The number of nitrogens with zero attached hydrogens (tertiary/aromatic N) is 2. The minimum atomic E-state index is -1.07. The van der Waals surface area contributed by atoms with Crippen LogP contribution < -0.4 is 5.73 Å². The van der Waals surface area contributed by atoms with Crippen LogP contribution >= 0.6 is 0 Å². The largest absolute Gasteiger partial charge is 0.399 e.